The van der Waals surface area contributed by atoms with Crippen molar-refractivity contribution in [2.75, 3.05) is 0 Å². The molecular weight excluding hydrogens is 318 g/mol. The number of nitrogens with one attached hydrogen (secondary N) is 1. The van der Waals surface area contributed by atoms with Crippen LogP contribution in [0.1, 0.15) is 21.7 Å². The summed E-state index contributed by atoms with van der Waals surface area (Å²) < 4.78 is 5.02. The summed E-state index contributed by atoms with van der Waals surface area (Å²) in [6.07, 6.45) is 0. The van der Waals surface area contributed by atoms with Crippen LogP contribution in [0.3, 0.4) is 0 Å². The SMILES string of the molecule is O=C(NCc1ccc(CBr)cc1)c1ccc(Cl)o1. The van der Waals surface area contributed by atoms with E-state index in [0.717, 1.165) is 10.9 Å². The number of hydrogen-bond acceptors (Lipinski definition) is 2. The monoisotopic (exact) mass is 327 g/mol. The summed E-state index contributed by atoms with van der Waals surface area (Å²) in [5.74, 6) is -0.0523. The summed E-state index contributed by atoms with van der Waals surface area (Å²) in [6.45, 7) is 0.458. The van der Waals surface area contributed by atoms with E-state index < -0.39 is 0 Å². The van der Waals surface area contributed by atoms with Crippen LogP contribution in [-0.2, 0) is 11.9 Å². The van der Waals surface area contributed by atoms with Crippen molar-refractivity contribution in [2.45, 2.75) is 11.9 Å². The van der Waals surface area contributed by atoms with Crippen LogP contribution in [0.2, 0.25) is 5.22 Å². The molecule has 0 aliphatic rings. The van der Waals surface area contributed by atoms with Gasteiger partial charge in [-0.3, -0.25) is 4.79 Å². The van der Waals surface area contributed by atoms with Crippen molar-refractivity contribution in [3.05, 3.63) is 58.5 Å². The predicted molar refractivity (Wildman–Crippen MR) is 74.0 cm³/mol. The smallest absolute Gasteiger partial charge is 0.287 e. The second kappa shape index (κ2) is 6.07. The van der Waals surface area contributed by atoms with E-state index in [2.05, 4.69) is 21.2 Å². The lowest BCUT2D eigenvalue weighted by molar-refractivity contribution is 0.0923. The van der Waals surface area contributed by atoms with Gasteiger partial charge in [0, 0.05) is 11.9 Å². The lowest BCUT2D eigenvalue weighted by Crippen LogP contribution is -2.22. The summed E-state index contributed by atoms with van der Waals surface area (Å²) in [6, 6.07) is 11.1. The molecule has 0 fully saturated rings. The Morgan fingerprint density at radius 2 is 1.83 bits per heavy atom. The third kappa shape index (κ3) is 3.37. The van der Waals surface area contributed by atoms with Gasteiger partial charge < -0.3 is 9.73 Å². The zero-order chi connectivity index (χ0) is 13.0. The van der Waals surface area contributed by atoms with Gasteiger partial charge in [-0.2, -0.15) is 0 Å². The summed E-state index contributed by atoms with van der Waals surface area (Å²) in [5, 5.41) is 3.80. The van der Waals surface area contributed by atoms with Crippen molar-refractivity contribution in [1.82, 2.24) is 5.32 Å². The Morgan fingerprint density at radius 3 is 2.39 bits per heavy atom. The molecule has 3 nitrogen and oxygen atoms in total. The average Bonchev–Trinajstić information content (AvgIpc) is 2.83. The van der Waals surface area contributed by atoms with Gasteiger partial charge >= 0.3 is 0 Å². The highest BCUT2D eigenvalue weighted by molar-refractivity contribution is 9.08. The molecule has 1 aromatic carbocycles. The number of halogens is 2. The highest BCUT2D eigenvalue weighted by Crippen LogP contribution is 2.13. The van der Waals surface area contributed by atoms with E-state index in [4.69, 9.17) is 16.0 Å². The van der Waals surface area contributed by atoms with Crippen molar-refractivity contribution in [2.24, 2.45) is 0 Å². The molecule has 1 heterocycles. The zero-order valence-electron chi connectivity index (χ0n) is 9.45. The molecule has 0 radical (unpaired) electrons. The van der Waals surface area contributed by atoms with E-state index in [1.54, 1.807) is 12.1 Å². The number of amides is 1. The number of benzene rings is 1. The lowest BCUT2D eigenvalue weighted by Gasteiger charge is -2.04. The number of carbonyl (C=O) groups excluding carboxylic acids is 1. The van der Waals surface area contributed by atoms with E-state index in [0.29, 0.717) is 6.54 Å². The van der Waals surface area contributed by atoms with Crippen LogP contribution >= 0.6 is 27.5 Å². The molecule has 0 aliphatic heterocycles. The van der Waals surface area contributed by atoms with Crippen molar-refractivity contribution in [3.63, 3.8) is 0 Å². The Hall–Kier alpha value is -1.26. The molecule has 1 aromatic heterocycles. The van der Waals surface area contributed by atoms with Gasteiger partial charge in [-0.15, -0.1) is 0 Å². The van der Waals surface area contributed by atoms with E-state index in [1.807, 2.05) is 24.3 Å². The molecule has 1 amide bonds. The molecule has 2 aromatic rings. The van der Waals surface area contributed by atoms with E-state index in [9.17, 15) is 4.79 Å². The first kappa shape index (κ1) is 13.2. The summed E-state index contributed by atoms with van der Waals surface area (Å²) in [7, 11) is 0. The van der Waals surface area contributed by atoms with E-state index in [1.165, 1.54) is 5.56 Å². The normalized spacial score (nSPS) is 10.3. The maximum Gasteiger partial charge on any atom is 0.287 e. The Kier molecular flexibility index (Phi) is 4.44. The first-order valence-corrected chi connectivity index (χ1v) is 6.86. The van der Waals surface area contributed by atoms with Gasteiger partial charge in [0.1, 0.15) is 0 Å². The molecule has 0 unspecified atom stereocenters. The first-order chi connectivity index (χ1) is 8.69. The Morgan fingerprint density at radius 1 is 1.17 bits per heavy atom. The number of hydrogen-bond donors (Lipinski definition) is 1. The first-order valence-electron chi connectivity index (χ1n) is 5.36. The van der Waals surface area contributed by atoms with Crippen LogP contribution < -0.4 is 5.32 Å². The fourth-order valence-corrected chi connectivity index (χ4v) is 1.97. The number of carbonyl (C=O) groups is 1. The largest absolute Gasteiger partial charge is 0.440 e. The minimum absolute atomic E-state index is 0.210. The third-order valence-electron chi connectivity index (χ3n) is 2.43. The number of alkyl halides is 1. The molecule has 94 valence electrons. The van der Waals surface area contributed by atoms with Crippen LogP contribution in [0.5, 0.6) is 0 Å². The summed E-state index contributed by atoms with van der Waals surface area (Å²) in [5.41, 5.74) is 2.23. The Bertz CT molecular complexity index is 536. The van der Waals surface area contributed by atoms with Gasteiger partial charge in [0.05, 0.1) is 0 Å². The van der Waals surface area contributed by atoms with Gasteiger partial charge in [0.15, 0.2) is 11.0 Å². The maximum atomic E-state index is 11.7. The van der Waals surface area contributed by atoms with Gasteiger partial charge in [-0.25, -0.2) is 0 Å². The van der Waals surface area contributed by atoms with Crippen LogP contribution in [0.15, 0.2) is 40.8 Å². The minimum atomic E-state index is -0.272. The molecule has 1 N–H and O–H groups in total. The van der Waals surface area contributed by atoms with Crippen molar-refractivity contribution in [1.29, 1.82) is 0 Å². The lowest BCUT2D eigenvalue weighted by atomic mass is 10.1. The van der Waals surface area contributed by atoms with Crippen LogP contribution in [0, 0.1) is 0 Å². The fourth-order valence-electron chi connectivity index (χ4n) is 1.45. The maximum absolute atomic E-state index is 11.7. The second-order valence-corrected chi connectivity index (χ2v) is 4.67. The van der Waals surface area contributed by atoms with Crippen molar-refractivity contribution >= 4 is 33.4 Å². The molecule has 0 atom stereocenters. The second-order valence-electron chi connectivity index (χ2n) is 3.74. The van der Waals surface area contributed by atoms with Gasteiger partial charge in [-0.1, -0.05) is 40.2 Å². The third-order valence-corrected chi connectivity index (χ3v) is 3.28. The van der Waals surface area contributed by atoms with Crippen LogP contribution in [-0.4, -0.2) is 5.91 Å². The molecule has 0 spiro atoms. The Balaban J connectivity index is 1.92. The number of furan rings is 1. The molecule has 0 bridgehead atoms. The molecule has 2 rings (SSSR count). The van der Waals surface area contributed by atoms with Crippen LogP contribution in [0.4, 0.5) is 0 Å². The molecule has 18 heavy (non-hydrogen) atoms. The van der Waals surface area contributed by atoms with Crippen LogP contribution in [0.25, 0.3) is 0 Å². The Labute approximate surface area is 118 Å². The topological polar surface area (TPSA) is 42.2 Å². The number of rotatable bonds is 4. The predicted octanol–water partition coefficient (Wildman–Crippen LogP) is 3.76. The summed E-state index contributed by atoms with van der Waals surface area (Å²) >= 11 is 8.99. The highest BCUT2D eigenvalue weighted by Gasteiger charge is 2.09. The van der Waals surface area contributed by atoms with Gasteiger partial charge in [0.2, 0.25) is 0 Å². The standard InChI is InChI=1S/C13H11BrClNO2/c14-7-9-1-3-10(4-2-9)8-16-13(17)11-5-6-12(15)18-11/h1-6H,7-8H2,(H,16,17). The molecule has 0 aliphatic carbocycles. The van der Waals surface area contributed by atoms with Gasteiger partial charge in [-0.05, 0) is 34.9 Å². The van der Waals surface area contributed by atoms with Crippen molar-refractivity contribution in [3.8, 4) is 0 Å². The summed E-state index contributed by atoms with van der Waals surface area (Å²) in [4.78, 5) is 11.7. The molecular formula is C13H11BrClNO2. The zero-order valence-corrected chi connectivity index (χ0v) is 11.8. The molecule has 5 heteroatoms. The van der Waals surface area contributed by atoms with Crippen molar-refractivity contribution < 1.29 is 9.21 Å². The minimum Gasteiger partial charge on any atom is -0.440 e. The quantitative estimate of drug-likeness (QED) is 0.868. The van der Waals surface area contributed by atoms with Gasteiger partial charge in [0.25, 0.3) is 5.91 Å². The average molecular weight is 329 g/mol. The van der Waals surface area contributed by atoms with E-state index >= 15 is 0 Å². The highest BCUT2D eigenvalue weighted by atomic mass is 79.9. The van der Waals surface area contributed by atoms with E-state index in [-0.39, 0.29) is 16.9 Å². The fraction of sp³-hybridized carbons (Fsp3) is 0.154. The molecule has 0 saturated heterocycles. The molecule has 0 saturated carbocycles.